The molecule has 0 unspecified atom stereocenters. The molecule has 0 saturated heterocycles. The van der Waals surface area contributed by atoms with Crippen LogP contribution < -0.4 is 10.2 Å². The summed E-state index contributed by atoms with van der Waals surface area (Å²) >= 11 is 0. The number of pyridine rings is 1. The molecule has 2 rings (SSSR count). The highest BCUT2D eigenvalue weighted by molar-refractivity contribution is 5.41. The molecule has 4 nitrogen and oxygen atoms in total. The highest BCUT2D eigenvalue weighted by Gasteiger charge is 2.20. The van der Waals surface area contributed by atoms with Gasteiger partial charge in [-0.05, 0) is 43.9 Å². The zero-order chi connectivity index (χ0) is 13.7. The summed E-state index contributed by atoms with van der Waals surface area (Å²) in [6, 6.07) is 5.10. The highest BCUT2D eigenvalue weighted by atomic mass is 16.5. The average molecular weight is 263 g/mol. The molecule has 1 saturated carbocycles. The summed E-state index contributed by atoms with van der Waals surface area (Å²) in [5.41, 5.74) is 2.41. The van der Waals surface area contributed by atoms with Crippen molar-refractivity contribution in [1.82, 2.24) is 10.3 Å². The third-order valence-corrected chi connectivity index (χ3v) is 3.40. The number of aromatic nitrogens is 1. The van der Waals surface area contributed by atoms with Crippen LogP contribution in [0.25, 0.3) is 0 Å². The summed E-state index contributed by atoms with van der Waals surface area (Å²) in [6.07, 6.45) is 3.68. The smallest absolute Gasteiger partial charge is 0.128 e. The van der Waals surface area contributed by atoms with Gasteiger partial charge in [-0.1, -0.05) is 0 Å². The zero-order valence-electron chi connectivity index (χ0n) is 12.3. The van der Waals surface area contributed by atoms with Crippen molar-refractivity contribution in [3.63, 3.8) is 0 Å². The molecule has 1 aliphatic carbocycles. The summed E-state index contributed by atoms with van der Waals surface area (Å²) in [6.45, 7) is 4.78. The Hall–Kier alpha value is -1.13. The highest BCUT2D eigenvalue weighted by Crippen LogP contribution is 2.20. The van der Waals surface area contributed by atoms with Crippen molar-refractivity contribution in [3.8, 4) is 0 Å². The van der Waals surface area contributed by atoms with Crippen LogP contribution in [0.2, 0.25) is 0 Å². The lowest BCUT2D eigenvalue weighted by Gasteiger charge is -2.19. The largest absolute Gasteiger partial charge is 0.385 e. The van der Waals surface area contributed by atoms with Gasteiger partial charge < -0.3 is 15.0 Å². The van der Waals surface area contributed by atoms with E-state index in [-0.39, 0.29) is 0 Å². The quantitative estimate of drug-likeness (QED) is 0.729. The minimum absolute atomic E-state index is 0.747. The zero-order valence-corrected chi connectivity index (χ0v) is 12.3. The van der Waals surface area contributed by atoms with Crippen LogP contribution in [-0.2, 0) is 11.3 Å². The Morgan fingerprint density at radius 2 is 2.21 bits per heavy atom. The predicted octanol–water partition coefficient (Wildman–Crippen LogP) is 2.11. The molecule has 1 fully saturated rings. The molecule has 0 bridgehead atoms. The fourth-order valence-corrected chi connectivity index (χ4v) is 2.13. The van der Waals surface area contributed by atoms with E-state index in [0.29, 0.717) is 0 Å². The summed E-state index contributed by atoms with van der Waals surface area (Å²) in [5.74, 6) is 1.06. The molecule has 19 heavy (non-hydrogen) atoms. The monoisotopic (exact) mass is 263 g/mol. The molecule has 1 aromatic rings. The molecule has 1 aliphatic rings. The van der Waals surface area contributed by atoms with Crippen LogP contribution in [0.5, 0.6) is 0 Å². The van der Waals surface area contributed by atoms with Crippen molar-refractivity contribution < 1.29 is 4.74 Å². The van der Waals surface area contributed by atoms with Gasteiger partial charge in [-0.3, -0.25) is 0 Å². The van der Waals surface area contributed by atoms with Gasteiger partial charge in [0.1, 0.15) is 5.82 Å². The normalized spacial score (nSPS) is 14.7. The molecule has 0 amide bonds. The minimum atomic E-state index is 0.747. The number of anilines is 1. The number of ether oxygens (including phenoxy) is 1. The predicted molar refractivity (Wildman–Crippen MR) is 78.6 cm³/mol. The maximum absolute atomic E-state index is 5.09. The molecular weight excluding hydrogens is 238 g/mol. The van der Waals surface area contributed by atoms with Crippen LogP contribution in [0.4, 0.5) is 5.82 Å². The molecule has 1 aromatic heterocycles. The Balaban J connectivity index is 1.93. The first-order valence-electron chi connectivity index (χ1n) is 7.10. The van der Waals surface area contributed by atoms with E-state index in [1.165, 1.54) is 18.4 Å². The van der Waals surface area contributed by atoms with Gasteiger partial charge in [0.25, 0.3) is 0 Å². The first-order valence-corrected chi connectivity index (χ1v) is 7.10. The number of aryl methyl sites for hydroxylation is 1. The fraction of sp³-hybridized carbons (Fsp3) is 0.667. The maximum atomic E-state index is 5.09. The Morgan fingerprint density at radius 3 is 2.89 bits per heavy atom. The summed E-state index contributed by atoms with van der Waals surface area (Å²) in [5, 5.41) is 3.55. The van der Waals surface area contributed by atoms with Crippen LogP contribution in [0, 0.1) is 6.92 Å². The third kappa shape index (κ3) is 4.80. The standard InChI is InChI=1S/C15H25N3O/c1-12-9-13(11-16-14-5-6-14)10-15(17-12)18(2)7-4-8-19-3/h9-10,14,16H,4-8,11H2,1-3H3. The molecule has 1 N–H and O–H groups in total. The van der Waals surface area contributed by atoms with E-state index >= 15 is 0 Å². The van der Waals surface area contributed by atoms with Crippen LogP contribution >= 0.6 is 0 Å². The Bertz CT molecular complexity index is 404. The topological polar surface area (TPSA) is 37.4 Å². The van der Waals surface area contributed by atoms with Crippen molar-refractivity contribution in [2.75, 3.05) is 32.2 Å². The number of hydrogen-bond donors (Lipinski definition) is 1. The summed E-state index contributed by atoms with van der Waals surface area (Å²) < 4.78 is 5.09. The van der Waals surface area contributed by atoms with Gasteiger partial charge in [0.05, 0.1) is 0 Å². The van der Waals surface area contributed by atoms with Gasteiger partial charge in [0.15, 0.2) is 0 Å². The van der Waals surface area contributed by atoms with E-state index in [1.807, 2.05) is 0 Å². The van der Waals surface area contributed by atoms with Crippen LogP contribution in [0.15, 0.2) is 12.1 Å². The number of rotatable bonds is 8. The lowest BCUT2D eigenvalue weighted by molar-refractivity contribution is 0.196. The van der Waals surface area contributed by atoms with Crippen molar-refractivity contribution in [1.29, 1.82) is 0 Å². The van der Waals surface area contributed by atoms with E-state index in [0.717, 1.165) is 43.7 Å². The molecule has 0 aromatic carbocycles. The Kier molecular flexibility index (Phi) is 5.16. The lowest BCUT2D eigenvalue weighted by Crippen LogP contribution is -2.22. The molecule has 0 aliphatic heterocycles. The molecule has 0 atom stereocenters. The minimum Gasteiger partial charge on any atom is -0.385 e. The first kappa shape index (κ1) is 14.3. The number of nitrogens with zero attached hydrogens (tertiary/aromatic N) is 2. The molecule has 4 heteroatoms. The number of nitrogens with one attached hydrogen (secondary N) is 1. The van der Waals surface area contributed by atoms with Crippen molar-refractivity contribution >= 4 is 5.82 Å². The van der Waals surface area contributed by atoms with Crippen molar-refractivity contribution in [3.05, 3.63) is 23.4 Å². The summed E-state index contributed by atoms with van der Waals surface area (Å²) in [4.78, 5) is 6.81. The van der Waals surface area contributed by atoms with E-state index < -0.39 is 0 Å². The van der Waals surface area contributed by atoms with Gasteiger partial charge in [-0.2, -0.15) is 0 Å². The average Bonchev–Trinajstić information content (AvgIpc) is 3.20. The number of hydrogen-bond acceptors (Lipinski definition) is 4. The lowest BCUT2D eigenvalue weighted by atomic mass is 10.2. The SMILES string of the molecule is COCCCN(C)c1cc(CNC2CC2)cc(C)n1. The van der Waals surface area contributed by atoms with Crippen LogP contribution in [0.1, 0.15) is 30.5 Å². The van der Waals surface area contributed by atoms with Gasteiger partial charge in [0.2, 0.25) is 0 Å². The van der Waals surface area contributed by atoms with Gasteiger partial charge >= 0.3 is 0 Å². The van der Waals surface area contributed by atoms with Gasteiger partial charge in [-0.25, -0.2) is 4.98 Å². The maximum Gasteiger partial charge on any atom is 0.128 e. The number of methoxy groups -OCH3 is 1. The van der Waals surface area contributed by atoms with Crippen molar-refractivity contribution in [2.45, 2.75) is 38.8 Å². The van der Waals surface area contributed by atoms with E-state index in [9.17, 15) is 0 Å². The second kappa shape index (κ2) is 6.87. The van der Waals surface area contributed by atoms with E-state index in [2.05, 4.69) is 41.3 Å². The van der Waals surface area contributed by atoms with Crippen LogP contribution in [-0.4, -0.2) is 38.3 Å². The van der Waals surface area contributed by atoms with Crippen LogP contribution in [0.3, 0.4) is 0 Å². The molecule has 0 radical (unpaired) electrons. The fourth-order valence-electron chi connectivity index (χ4n) is 2.13. The molecular formula is C15H25N3O. The first-order chi connectivity index (χ1) is 9.19. The Labute approximate surface area is 116 Å². The third-order valence-electron chi connectivity index (χ3n) is 3.40. The molecule has 106 valence electrons. The van der Waals surface area contributed by atoms with E-state index in [4.69, 9.17) is 4.74 Å². The van der Waals surface area contributed by atoms with Gasteiger partial charge in [0, 0.05) is 45.6 Å². The van der Waals surface area contributed by atoms with Crippen molar-refractivity contribution in [2.24, 2.45) is 0 Å². The second-order valence-corrected chi connectivity index (χ2v) is 5.40. The molecule has 0 spiro atoms. The summed E-state index contributed by atoms with van der Waals surface area (Å²) in [7, 11) is 3.84. The Morgan fingerprint density at radius 1 is 1.42 bits per heavy atom. The molecule has 1 heterocycles. The van der Waals surface area contributed by atoms with Gasteiger partial charge in [-0.15, -0.1) is 0 Å². The second-order valence-electron chi connectivity index (χ2n) is 5.40. The van der Waals surface area contributed by atoms with E-state index in [1.54, 1.807) is 7.11 Å².